The summed E-state index contributed by atoms with van der Waals surface area (Å²) in [5.74, 6) is 0. The minimum atomic E-state index is -1.47. The summed E-state index contributed by atoms with van der Waals surface area (Å²) in [5, 5.41) is 0.997. The van der Waals surface area contributed by atoms with Gasteiger partial charge in [0.15, 0.2) is 11.1 Å². The van der Waals surface area contributed by atoms with Crippen LogP contribution in [0.2, 0.25) is 0 Å². The second kappa shape index (κ2) is 5.16. The second-order valence-electron chi connectivity index (χ2n) is 4.67. The number of hydrogen-bond donors (Lipinski definition) is 0. The van der Waals surface area contributed by atoms with Crippen LogP contribution in [0.4, 0.5) is 0 Å². The molecule has 2 aromatic rings. The molecule has 0 aliphatic heterocycles. The van der Waals surface area contributed by atoms with Gasteiger partial charge in [-0.2, -0.15) is 0 Å². The molecule has 1 aromatic heterocycles. The largest absolute Gasteiger partial charge is 0.284 e. The van der Waals surface area contributed by atoms with Gasteiger partial charge in [0.2, 0.25) is 0 Å². The van der Waals surface area contributed by atoms with Gasteiger partial charge >= 0.3 is 0 Å². The zero-order valence-corrected chi connectivity index (χ0v) is 11.9. The Balaban J connectivity index is 2.61. The van der Waals surface area contributed by atoms with Crippen molar-refractivity contribution in [1.29, 1.82) is 0 Å². The van der Waals surface area contributed by atoms with Gasteiger partial charge < -0.3 is 0 Å². The Labute approximate surface area is 110 Å². The normalized spacial score (nSPS) is 13.2. The second-order valence-corrected chi connectivity index (χ2v) is 5.77. The standard InChI is InChI=1S/C14H17NO2S/c1-9(2)17-18(16)13-8-10(3)7-12-6-5-11(4)15-14(12)13/h5-9H,1-4H3/t18-/m1/s1. The zero-order chi connectivity index (χ0) is 13.3. The van der Waals surface area contributed by atoms with Crippen LogP contribution in [-0.2, 0) is 15.3 Å². The molecule has 2 rings (SSSR count). The van der Waals surface area contributed by atoms with Crippen molar-refractivity contribution in [1.82, 2.24) is 4.98 Å². The number of benzene rings is 1. The maximum Gasteiger partial charge on any atom is 0.191 e. The predicted octanol–water partition coefficient (Wildman–Crippen LogP) is 3.30. The number of hydrogen-bond acceptors (Lipinski definition) is 3. The lowest BCUT2D eigenvalue weighted by Gasteiger charge is -2.10. The van der Waals surface area contributed by atoms with Gasteiger partial charge in [-0.15, -0.1) is 0 Å². The Hall–Kier alpha value is -1.26. The highest BCUT2D eigenvalue weighted by Crippen LogP contribution is 2.23. The van der Waals surface area contributed by atoms with Crippen LogP contribution in [0.1, 0.15) is 25.1 Å². The summed E-state index contributed by atoms with van der Waals surface area (Å²) in [7, 11) is 0. The van der Waals surface area contributed by atoms with E-state index in [0.29, 0.717) is 4.90 Å². The molecule has 0 N–H and O–H groups in total. The first-order valence-electron chi connectivity index (χ1n) is 5.94. The molecule has 4 heteroatoms. The fourth-order valence-electron chi connectivity index (χ4n) is 1.80. The van der Waals surface area contributed by atoms with Gasteiger partial charge in [-0.1, -0.05) is 6.07 Å². The maximum atomic E-state index is 12.2. The van der Waals surface area contributed by atoms with Crippen molar-refractivity contribution in [3.05, 3.63) is 35.5 Å². The molecule has 0 spiro atoms. The monoisotopic (exact) mass is 263 g/mol. The maximum absolute atomic E-state index is 12.2. The van der Waals surface area contributed by atoms with E-state index in [0.717, 1.165) is 22.2 Å². The van der Waals surface area contributed by atoms with Crippen molar-refractivity contribution < 1.29 is 8.39 Å². The number of aryl methyl sites for hydroxylation is 2. The number of rotatable bonds is 3. The van der Waals surface area contributed by atoms with Crippen LogP contribution in [-0.4, -0.2) is 15.3 Å². The molecule has 0 saturated carbocycles. The quantitative estimate of drug-likeness (QED) is 0.853. The first kappa shape index (κ1) is 13.2. The van der Waals surface area contributed by atoms with Crippen LogP contribution >= 0.6 is 0 Å². The Morgan fingerprint density at radius 1 is 1.22 bits per heavy atom. The molecule has 0 aliphatic carbocycles. The van der Waals surface area contributed by atoms with Crippen molar-refractivity contribution in [3.8, 4) is 0 Å². The van der Waals surface area contributed by atoms with Crippen molar-refractivity contribution in [2.24, 2.45) is 0 Å². The summed E-state index contributed by atoms with van der Waals surface area (Å²) < 4.78 is 17.6. The fourth-order valence-corrected chi connectivity index (χ4v) is 2.85. The molecule has 0 saturated heterocycles. The van der Waals surface area contributed by atoms with Gasteiger partial charge in [-0.3, -0.25) is 9.17 Å². The molecule has 18 heavy (non-hydrogen) atoms. The highest BCUT2D eigenvalue weighted by Gasteiger charge is 2.13. The first-order valence-corrected chi connectivity index (χ1v) is 7.02. The molecule has 0 amide bonds. The highest BCUT2D eigenvalue weighted by atomic mass is 32.2. The van der Waals surface area contributed by atoms with E-state index >= 15 is 0 Å². The summed E-state index contributed by atoms with van der Waals surface area (Å²) in [4.78, 5) is 5.13. The van der Waals surface area contributed by atoms with Crippen molar-refractivity contribution in [2.45, 2.75) is 38.7 Å². The van der Waals surface area contributed by atoms with Gasteiger partial charge in [-0.05, 0) is 51.5 Å². The lowest BCUT2D eigenvalue weighted by Crippen LogP contribution is -2.07. The van der Waals surface area contributed by atoms with E-state index in [1.54, 1.807) is 0 Å². The minimum absolute atomic E-state index is 0.0776. The van der Waals surface area contributed by atoms with Crippen molar-refractivity contribution in [3.63, 3.8) is 0 Å². The molecule has 0 radical (unpaired) electrons. The van der Waals surface area contributed by atoms with Crippen LogP contribution < -0.4 is 0 Å². The van der Waals surface area contributed by atoms with Gasteiger partial charge in [0.05, 0.1) is 16.5 Å². The average Bonchev–Trinajstić information content (AvgIpc) is 2.27. The third-order valence-corrected chi connectivity index (χ3v) is 3.73. The third kappa shape index (κ3) is 2.76. The lowest BCUT2D eigenvalue weighted by molar-refractivity contribution is 0.270. The zero-order valence-electron chi connectivity index (χ0n) is 11.1. The third-order valence-electron chi connectivity index (χ3n) is 2.50. The summed E-state index contributed by atoms with van der Waals surface area (Å²) in [6.07, 6.45) is -0.0776. The minimum Gasteiger partial charge on any atom is -0.284 e. The molecule has 3 nitrogen and oxygen atoms in total. The van der Waals surface area contributed by atoms with E-state index in [9.17, 15) is 4.21 Å². The Kier molecular flexibility index (Phi) is 3.78. The lowest BCUT2D eigenvalue weighted by atomic mass is 10.1. The summed E-state index contributed by atoms with van der Waals surface area (Å²) >= 11 is -1.47. The molecule has 0 fully saturated rings. The van der Waals surface area contributed by atoms with Crippen LogP contribution in [0.25, 0.3) is 10.9 Å². The molecular weight excluding hydrogens is 246 g/mol. The number of aromatic nitrogens is 1. The van der Waals surface area contributed by atoms with Gasteiger partial charge in [0.25, 0.3) is 0 Å². The van der Waals surface area contributed by atoms with Gasteiger partial charge in [-0.25, -0.2) is 4.21 Å². The van der Waals surface area contributed by atoms with E-state index in [4.69, 9.17) is 4.18 Å². The molecule has 0 aliphatic rings. The average molecular weight is 263 g/mol. The molecule has 1 aromatic carbocycles. The van der Waals surface area contributed by atoms with Gasteiger partial charge in [0, 0.05) is 11.1 Å². The molecular formula is C14H17NO2S. The summed E-state index contributed by atoms with van der Waals surface area (Å²) in [6, 6.07) is 7.88. The van der Waals surface area contributed by atoms with Crippen molar-refractivity contribution >= 4 is 22.0 Å². The first-order chi connectivity index (χ1) is 8.47. The summed E-state index contributed by atoms with van der Waals surface area (Å²) in [5.41, 5.74) is 2.73. The smallest absolute Gasteiger partial charge is 0.191 e. The van der Waals surface area contributed by atoms with E-state index in [2.05, 4.69) is 4.98 Å². The number of fused-ring (bicyclic) bond motifs is 1. The Morgan fingerprint density at radius 3 is 2.61 bits per heavy atom. The number of nitrogens with zero attached hydrogens (tertiary/aromatic N) is 1. The Morgan fingerprint density at radius 2 is 1.94 bits per heavy atom. The number of pyridine rings is 1. The molecule has 1 heterocycles. The molecule has 1 atom stereocenters. The van der Waals surface area contributed by atoms with E-state index < -0.39 is 11.1 Å². The van der Waals surface area contributed by atoms with Crippen LogP contribution in [0.15, 0.2) is 29.2 Å². The van der Waals surface area contributed by atoms with Gasteiger partial charge in [0.1, 0.15) is 0 Å². The van der Waals surface area contributed by atoms with Crippen molar-refractivity contribution in [2.75, 3.05) is 0 Å². The van der Waals surface area contributed by atoms with Crippen LogP contribution in [0, 0.1) is 13.8 Å². The van der Waals surface area contributed by atoms with E-state index in [-0.39, 0.29) is 6.10 Å². The van der Waals surface area contributed by atoms with Crippen LogP contribution in [0.5, 0.6) is 0 Å². The van der Waals surface area contributed by atoms with E-state index in [1.165, 1.54) is 0 Å². The predicted molar refractivity (Wildman–Crippen MR) is 73.8 cm³/mol. The Bertz CT molecular complexity index is 608. The topological polar surface area (TPSA) is 39.2 Å². The SMILES string of the molecule is Cc1cc([S@](=O)OC(C)C)c2nc(C)ccc2c1. The molecule has 0 bridgehead atoms. The molecule has 0 unspecified atom stereocenters. The fraction of sp³-hybridized carbons (Fsp3) is 0.357. The van der Waals surface area contributed by atoms with E-state index in [1.807, 2.05) is 52.0 Å². The van der Waals surface area contributed by atoms with Crippen LogP contribution in [0.3, 0.4) is 0 Å². The molecule has 96 valence electrons. The highest BCUT2D eigenvalue weighted by molar-refractivity contribution is 7.80. The summed E-state index contributed by atoms with van der Waals surface area (Å²) in [6.45, 7) is 7.65.